The SMILES string of the molecule is Cc1cc(-c2ccc(C#N)c(F)c2)c(-c2ccc(NCC3(O)CCC3)c(F)c2)s1. The van der Waals surface area contributed by atoms with Crippen molar-refractivity contribution in [1.29, 1.82) is 5.26 Å². The summed E-state index contributed by atoms with van der Waals surface area (Å²) in [5, 5.41) is 22.1. The Hall–Kier alpha value is -2.75. The summed E-state index contributed by atoms with van der Waals surface area (Å²) in [6.07, 6.45) is 2.47. The third-order valence-corrected chi connectivity index (χ3v) is 6.48. The summed E-state index contributed by atoms with van der Waals surface area (Å²) in [5.74, 6) is -0.965. The minimum atomic E-state index is -0.733. The maximum absolute atomic E-state index is 14.7. The molecule has 0 amide bonds. The topological polar surface area (TPSA) is 56.0 Å². The molecule has 0 bridgehead atoms. The number of nitrogens with zero attached hydrogens (tertiary/aromatic N) is 1. The fraction of sp³-hybridized carbons (Fsp3) is 0.261. The first-order valence-corrected chi connectivity index (χ1v) is 10.3. The van der Waals surface area contributed by atoms with Crippen LogP contribution < -0.4 is 5.32 Å². The molecule has 6 heteroatoms. The van der Waals surface area contributed by atoms with Crippen LogP contribution in [0, 0.1) is 29.9 Å². The molecule has 2 aromatic carbocycles. The molecule has 2 N–H and O–H groups in total. The minimum Gasteiger partial charge on any atom is -0.388 e. The Morgan fingerprint density at radius 1 is 1.10 bits per heavy atom. The fourth-order valence-corrected chi connectivity index (χ4v) is 4.57. The van der Waals surface area contributed by atoms with E-state index < -0.39 is 17.2 Å². The molecule has 1 saturated carbocycles. The van der Waals surface area contributed by atoms with Gasteiger partial charge >= 0.3 is 0 Å². The third-order valence-electron chi connectivity index (χ3n) is 5.38. The highest BCUT2D eigenvalue weighted by molar-refractivity contribution is 7.16. The Morgan fingerprint density at radius 2 is 1.83 bits per heavy atom. The van der Waals surface area contributed by atoms with Gasteiger partial charge in [-0.05, 0) is 67.6 Å². The first-order valence-electron chi connectivity index (χ1n) is 9.45. The Balaban J connectivity index is 1.64. The van der Waals surface area contributed by atoms with Crippen molar-refractivity contribution in [2.24, 2.45) is 0 Å². The summed E-state index contributed by atoms with van der Waals surface area (Å²) in [6, 6.07) is 13.2. The van der Waals surface area contributed by atoms with Gasteiger partial charge in [-0.25, -0.2) is 8.78 Å². The summed E-state index contributed by atoms with van der Waals surface area (Å²) in [6.45, 7) is 2.28. The van der Waals surface area contributed by atoms with E-state index in [0.29, 0.717) is 23.4 Å². The number of halogens is 2. The third kappa shape index (κ3) is 3.89. The van der Waals surface area contributed by atoms with Crippen LogP contribution in [0.25, 0.3) is 21.6 Å². The molecule has 1 heterocycles. The Bertz CT molecular complexity index is 1110. The molecule has 0 spiro atoms. The van der Waals surface area contributed by atoms with Crippen LogP contribution in [0.15, 0.2) is 42.5 Å². The number of nitriles is 1. The molecule has 0 unspecified atom stereocenters. The van der Waals surface area contributed by atoms with Crippen molar-refractivity contribution >= 4 is 17.0 Å². The number of nitrogens with one attached hydrogen (secondary N) is 1. The van der Waals surface area contributed by atoms with Gasteiger partial charge in [-0.3, -0.25) is 0 Å². The summed E-state index contributed by atoms with van der Waals surface area (Å²) >= 11 is 1.51. The fourth-order valence-electron chi connectivity index (χ4n) is 3.54. The summed E-state index contributed by atoms with van der Waals surface area (Å²) in [7, 11) is 0. The van der Waals surface area contributed by atoms with E-state index in [-0.39, 0.29) is 5.56 Å². The van der Waals surface area contributed by atoms with Crippen LogP contribution >= 0.6 is 11.3 Å². The van der Waals surface area contributed by atoms with Crippen LogP contribution in [0.4, 0.5) is 14.5 Å². The Labute approximate surface area is 172 Å². The second-order valence-electron chi connectivity index (χ2n) is 7.53. The van der Waals surface area contributed by atoms with Gasteiger partial charge in [0.25, 0.3) is 0 Å². The van der Waals surface area contributed by atoms with E-state index in [1.807, 2.05) is 25.1 Å². The number of hydrogen-bond acceptors (Lipinski definition) is 4. The zero-order valence-corrected chi connectivity index (χ0v) is 16.7. The lowest BCUT2D eigenvalue weighted by Gasteiger charge is -2.36. The van der Waals surface area contributed by atoms with Crippen molar-refractivity contribution in [1.82, 2.24) is 0 Å². The first-order chi connectivity index (χ1) is 13.9. The zero-order valence-electron chi connectivity index (χ0n) is 15.9. The molecule has 1 aliphatic rings. The van der Waals surface area contributed by atoms with Crippen LogP contribution in [0.2, 0.25) is 0 Å². The van der Waals surface area contributed by atoms with Crippen LogP contribution in [0.3, 0.4) is 0 Å². The molecule has 0 saturated heterocycles. The van der Waals surface area contributed by atoms with Gasteiger partial charge in [0.15, 0.2) is 0 Å². The lowest BCUT2D eigenvalue weighted by atomic mass is 9.80. The van der Waals surface area contributed by atoms with Gasteiger partial charge in [-0.1, -0.05) is 12.1 Å². The van der Waals surface area contributed by atoms with Crippen molar-refractivity contribution in [3.05, 3.63) is 64.5 Å². The van der Waals surface area contributed by atoms with Crippen LogP contribution in [-0.4, -0.2) is 17.3 Å². The molecule has 4 rings (SSSR count). The number of aryl methyl sites for hydroxylation is 1. The van der Waals surface area contributed by atoms with E-state index in [1.165, 1.54) is 29.5 Å². The van der Waals surface area contributed by atoms with Gasteiger partial charge in [-0.15, -0.1) is 11.3 Å². The van der Waals surface area contributed by atoms with E-state index in [4.69, 9.17) is 5.26 Å². The normalized spacial score (nSPS) is 14.9. The van der Waals surface area contributed by atoms with Crippen molar-refractivity contribution in [3.63, 3.8) is 0 Å². The number of rotatable bonds is 5. The number of aliphatic hydroxyl groups is 1. The van der Waals surface area contributed by atoms with E-state index in [2.05, 4.69) is 5.32 Å². The highest BCUT2D eigenvalue weighted by Gasteiger charge is 2.34. The largest absolute Gasteiger partial charge is 0.388 e. The average Bonchev–Trinajstić information content (AvgIpc) is 3.07. The first kappa shape index (κ1) is 19.6. The van der Waals surface area contributed by atoms with E-state index in [0.717, 1.165) is 34.6 Å². The molecular formula is C23H20F2N2OS. The molecule has 148 valence electrons. The molecule has 3 nitrogen and oxygen atoms in total. The molecule has 1 aliphatic carbocycles. The highest BCUT2D eigenvalue weighted by atomic mass is 32.1. The minimum absolute atomic E-state index is 0.00293. The summed E-state index contributed by atoms with van der Waals surface area (Å²) in [5.41, 5.74) is 1.77. The van der Waals surface area contributed by atoms with Gasteiger partial charge in [-0.2, -0.15) is 5.26 Å². The Kier molecular flexibility index (Phi) is 5.12. The second-order valence-corrected chi connectivity index (χ2v) is 8.79. The van der Waals surface area contributed by atoms with Gasteiger partial charge < -0.3 is 10.4 Å². The van der Waals surface area contributed by atoms with Gasteiger partial charge in [0.05, 0.1) is 16.9 Å². The predicted octanol–water partition coefficient (Wildman–Crippen LogP) is 5.87. The maximum atomic E-state index is 14.7. The smallest absolute Gasteiger partial charge is 0.146 e. The molecule has 0 radical (unpaired) electrons. The van der Waals surface area contributed by atoms with Crippen molar-refractivity contribution in [3.8, 4) is 27.6 Å². The van der Waals surface area contributed by atoms with E-state index >= 15 is 0 Å². The maximum Gasteiger partial charge on any atom is 0.146 e. The number of thiophene rings is 1. The second kappa shape index (κ2) is 7.58. The van der Waals surface area contributed by atoms with Gasteiger partial charge in [0, 0.05) is 21.9 Å². The van der Waals surface area contributed by atoms with Crippen LogP contribution in [-0.2, 0) is 0 Å². The highest BCUT2D eigenvalue weighted by Crippen LogP contribution is 2.40. The van der Waals surface area contributed by atoms with E-state index in [9.17, 15) is 13.9 Å². The summed E-state index contributed by atoms with van der Waals surface area (Å²) in [4.78, 5) is 1.87. The lowest BCUT2D eigenvalue weighted by molar-refractivity contribution is -0.0202. The number of hydrogen-bond donors (Lipinski definition) is 2. The van der Waals surface area contributed by atoms with Crippen LogP contribution in [0.5, 0.6) is 0 Å². The monoisotopic (exact) mass is 410 g/mol. The molecule has 0 aliphatic heterocycles. The average molecular weight is 410 g/mol. The van der Waals surface area contributed by atoms with Crippen molar-refractivity contribution in [2.75, 3.05) is 11.9 Å². The zero-order chi connectivity index (χ0) is 20.6. The quantitative estimate of drug-likeness (QED) is 0.553. The van der Waals surface area contributed by atoms with Crippen LogP contribution in [0.1, 0.15) is 29.7 Å². The van der Waals surface area contributed by atoms with Crippen molar-refractivity contribution < 1.29 is 13.9 Å². The molecule has 29 heavy (non-hydrogen) atoms. The molecular weight excluding hydrogens is 390 g/mol. The molecule has 1 fully saturated rings. The number of anilines is 1. The lowest BCUT2D eigenvalue weighted by Crippen LogP contribution is -2.43. The van der Waals surface area contributed by atoms with Crippen molar-refractivity contribution in [2.45, 2.75) is 31.8 Å². The Morgan fingerprint density at radius 3 is 2.45 bits per heavy atom. The molecule has 0 atom stereocenters. The predicted molar refractivity (Wildman–Crippen MR) is 112 cm³/mol. The molecule has 1 aromatic heterocycles. The molecule has 3 aromatic rings. The summed E-state index contributed by atoms with van der Waals surface area (Å²) < 4.78 is 28.8. The standard InChI is InChI=1S/C23H20F2N2OS/c1-14-9-18(15-3-4-17(12-26)19(24)10-15)22(29-14)16-5-6-21(20(25)11-16)27-13-23(28)7-2-8-23/h3-6,9-11,27-28H,2,7-8,13H2,1H3. The van der Waals surface area contributed by atoms with Gasteiger partial charge in [0.1, 0.15) is 17.7 Å². The van der Waals surface area contributed by atoms with Gasteiger partial charge in [0.2, 0.25) is 0 Å². The van der Waals surface area contributed by atoms with E-state index in [1.54, 1.807) is 12.1 Å². The number of benzene rings is 2.